The van der Waals surface area contributed by atoms with Crippen molar-refractivity contribution in [2.24, 2.45) is 5.92 Å². The lowest BCUT2D eigenvalue weighted by Crippen LogP contribution is -2.42. The topological polar surface area (TPSA) is 92.8 Å². The van der Waals surface area contributed by atoms with E-state index in [4.69, 9.17) is 4.74 Å². The summed E-state index contributed by atoms with van der Waals surface area (Å²) in [6, 6.07) is 4.30. The second-order valence-corrected chi connectivity index (χ2v) is 7.28. The van der Waals surface area contributed by atoms with Crippen LogP contribution in [-0.2, 0) is 9.53 Å². The summed E-state index contributed by atoms with van der Waals surface area (Å²) in [4.78, 5) is 49.9. The maximum atomic E-state index is 12.3. The minimum absolute atomic E-state index is 0.103. The number of nitrogens with one attached hydrogen (secondary N) is 1. The number of hydrogen-bond acceptors (Lipinski definition) is 5. The van der Waals surface area contributed by atoms with Crippen LogP contribution >= 0.6 is 0 Å². The van der Waals surface area contributed by atoms with Gasteiger partial charge < -0.3 is 10.1 Å². The maximum Gasteiger partial charge on any atom is 0.338 e. The Balaban J connectivity index is 1.60. The number of benzene rings is 1. The highest BCUT2D eigenvalue weighted by atomic mass is 16.5. The minimum Gasteiger partial charge on any atom is -0.452 e. The van der Waals surface area contributed by atoms with Crippen LogP contribution in [0.5, 0.6) is 0 Å². The van der Waals surface area contributed by atoms with Crippen molar-refractivity contribution in [2.45, 2.75) is 38.6 Å². The Kier molecular flexibility index (Phi) is 5.92. The molecule has 1 saturated carbocycles. The quantitative estimate of drug-likeness (QED) is 0.462. The molecule has 3 amide bonds. The second-order valence-electron chi connectivity index (χ2n) is 7.28. The molecule has 1 aromatic rings. The van der Waals surface area contributed by atoms with Crippen LogP contribution in [0.4, 0.5) is 0 Å². The summed E-state index contributed by atoms with van der Waals surface area (Å²) in [6.45, 7) is 5.36. The zero-order valence-electron chi connectivity index (χ0n) is 15.9. The van der Waals surface area contributed by atoms with Gasteiger partial charge in [-0.15, -0.1) is 6.58 Å². The molecule has 0 aromatic heterocycles. The Morgan fingerprint density at radius 3 is 2.64 bits per heavy atom. The van der Waals surface area contributed by atoms with Gasteiger partial charge in [-0.3, -0.25) is 19.3 Å². The number of fused-ring (bicyclic) bond motifs is 1. The van der Waals surface area contributed by atoms with Crippen molar-refractivity contribution in [1.82, 2.24) is 10.2 Å². The molecule has 1 aliphatic heterocycles. The highest BCUT2D eigenvalue weighted by Crippen LogP contribution is 2.25. The molecule has 0 bridgehead atoms. The molecule has 148 valence electrons. The van der Waals surface area contributed by atoms with E-state index in [-0.39, 0.29) is 41.8 Å². The Hall–Kier alpha value is -2.96. The van der Waals surface area contributed by atoms with Crippen LogP contribution in [0.2, 0.25) is 0 Å². The average molecular weight is 384 g/mol. The molecule has 0 spiro atoms. The van der Waals surface area contributed by atoms with Crippen molar-refractivity contribution in [2.75, 3.05) is 13.2 Å². The number of esters is 1. The molecule has 1 aromatic carbocycles. The molecular formula is C21H24N2O5. The molecule has 1 fully saturated rings. The first kappa shape index (κ1) is 19.8. The largest absolute Gasteiger partial charge is 0.452 e. The number of ether oxygens (including phenoxy) is 1. The van der Waals surface area contributed by atoms with E-state index in [0.29, 0.717) is 5.92 Å². The van der Waals surface area contributed by atoms with Crippen LogP contribution in [0.15, 0.2) is 30.9 Å². The average Bonchev–Trinajstić information content (AvgIpc) is 2.92. The van der Waals surface area contributed by atoms with E-state index < -0.39 is 17.8 Å². The lowest BCUT2D eigenvalue weighted by atomic mass is 9.86. The van der Waals surface area contributed by atoms with E-state index in [1.165, 1.54) is 30.7 Å². The van der Waals surface area contributed by atoms with Gasteiger partial charge in [0.25, 0.3) is 17.7 Å². The van der Waals surface area contributed by atoms with Crippen molar-refractivity contribution in [3.8, 4) is 0 Å². The van der Waals surface area contributed by atoms with Gasteiger partial charge >= 0.3 is 5.97 Å². The highest BCUT2D eigenvalue weighted by molar-refractivity contribution is 6.22. The molecule has 2 aliphatic rings. The molecular weight excluding hydrogens is 360 g/mol. The first-order chi connectivity index (χ1) is 13.4. The van der Waals surface area contributed by atoms with E-state index in [1.807, 2.05) is 0 Å². The zero-order chi connectivity index (χ0) is 20.3. The van der Waals surface area contributed by atoms with Crippen LogP contribution in [0, 0.1) is 5.92 Å². The number of amides is 3. The molecule has 0 radical (unpaired) electrons. The molecule has 2 unspecified atom stereocenters. The van der Waals surface area contributed by atoms with Gasteiger partial charge in [0.1, 0.15) is 0 Å². The van der Waals surface area contributed by atoms with Gasteiger partial charge in [0.05, 0.1) is 16.7 Å². The summed E-state index contributed by atoms with van der Waals surface area (Å²) in [5, 5.41) is 2.92. The van der Waals surface area contributed by atoms with Gasteiger partial charge in [0.15, 0.2) is 6.61 Å². The van der Waals surface area contributed by atoms with Gasteiger partial charge in [-0.25, -0.2) is 4.79 Å². The maximum absolute atomic E-state index is 12.3. The van der Waals surface area contributed by atoms with Crippen molar-refractivity contribution < 1.29 is 23.9 Å². The number of carbonyl (C=O) groups excluding carboxylic acids is 4. The van der Waals surface area contributed by atoms with E-state index in [1.54, 1.807) is 0 Å². The van der Waals surface area contributed by atoms with Gasteiger partial charge in [0, 0.05) is 12.6 Å². The summed E-state index contributed by atoms with van der Waals surface area (Å²) >= 11 is 0. The Bertz CT molecular complexity index is 832. The van der Waals surface area contributed by atoms with E-state index >= 15 is 0 Å². The molecule has 1 aliphatic carbocycles. The van der Waals surface area contributed by atoms with Crippen LogP contribution in [0.1, 0.15) is 63.7 Å². The van der Waals surface area contributed by atoms with Crippen LogP contribution < -0.4 is 5.32 Å². The number of nitrogens with zero attached hydrogens (tertiary/aromatic N) is 1. The van der Waals surface area contributed by atoms with Crippen LogP contribution in [0.3, 0.4) is 0 Å². The smallest absolute Gasteiger partial charge is 0.338 e. The number of rotatable bonds is 6. The monoisotopic (exact) mass is 384 g/mol. The summed E-state index contributed by atoms with van der Waals surface area (Å²) in [6.07, 6.45) is 5.73. The number of imide groups is 1. The Morgan fingerprint density at radius 1 is 1.21 bits per heavy atom. The number of carbonyl (C=O) groups is 4. The summed E-state index contributed by atoms with van der Waals surface area (Å²) < 4.78 is 5.09. The van der Waals surface area contributed by atoms with Gasteiger partial charge in [0.2, 0.25) is 0 Å². The van der Waals surface area contributed by atoms with Crippen molar-refractivity contribution in [3.63, 3.8) is 0 Å². The third kappa shape index (κ3) is 3.98. The van der Waals surface area contributed by atoms with Gasteiger partial charge in [-0.1, -0.05) is 25.8 Å². The highest BCUT2D eigenvalue weighted by Gasteiger charge is 2.35. The molecule has 0 saturated heterocycles. The fourth-order valence-corrected chi connectivity index (χ4v) is 3.71. The third-order valence-corrected chi connectivity index (χ3v) is 5.31. The minimum atomic E-state index is -0.711. The Morgan fingerprint density at radius 2 is 1.93 bits per heavy atom. The molecule has 7 heteroatoms. The summed E-state index contributed by atoms with van der Waals surface area (Å²) in [5.41, 5.74) is 0.522. The molecule has 2 atom stereocenters. The molecule has 28 heavy (non-hydrogen) atoms. The third-order valence-electron chi connectivity index (χ3n) is 5.31. The molecule has 1 N–H and O–H groups in total. The van der Waals surface area contributed by atoms with Crippen LogP contribution in [0.25, 0.3) is 0 Å². The lowest BCUT2D eigenvalue weighted by molar-refractivity contribution is -0.125. The lowest BCUT2D eigenvalue weighted by Gasteiger charge is -2.29. The Labute approximate surface area is 163 Å². The molecule has 1 heterocycles. The van der Waals surface area contributed by atoms with Gasteiger partial charge in [-0.2, -0.15) is 0 Å². The van der Waals surface area contributed by atoms with E-state index in [2.05, 4.69) is 18.8 Å². The predicted octanol–water partition coefficient (Wildman–Crippen LogP) is 2.32. The van der Waals surface area contributed by atoms with E-state index in [0.717, 1.165) is 24.2 Å². The SMILES string of the molecule is C=CCN1C(=O)c2ccc(C(=O)OCC(=O)NC3CCCCC3C)cc2C1=O. The van der Waals surface area contributed by atoms with Crippen molar-refractivity contribution in [3.05, 3.63) is 47.5 Å². The van der Waals surface area contributed by atoms with Gasteiger partial charge in [-0.05, 0) is 37.0 Å². The fourth-order valence-electron chi connectivity index (χ4n) is 3.71. The van der Waals surface area contributed by atoms with Crippen molar-refractivity contribution >= 4 is 23.7 Å². The first-order valence-corrected chi connectivity index (χ1v) is 9.50. The van der Waals surface area contributed by atoms with Crippen LogP contribution in [-0.4, -0.2) is 47.8 Å². The number of hydrogen-bond donors (Lipinski definition) is 1. The zero-order valence-corrected chi connectivity index (χ0v) is 15.9. The van der Waals surface area contributed by atoms with Crippen molar-refractivity contribution in [1.29, 1.82) is 0 Å². The summed E-state index contributed by atoms with van der Waals surface area (Å²) in [5.74, 6) is -1.53. The first-order valence-electron chi connectivity index (χ1n) is 9.50. The van der Waals surface area contributed by atoms with E-state index in [9.17, 15) is 19.2 Å². The molecule has 7 nitrogen and oxygen atoms in total. The summed E-state index contributed by atoms with van der Waals surface area (Å²) in [7, 11) is 0. The fraction of sp³-hybridized carbons (Fsp3) is 0.429. The predicted molar refractivity (Wildman–Crippen MR) is 102 cm³/mol. The standard InChI is InChI=1S/C21H24N2O5/c1-3-10-23-19(25)15-9-8-14(11-16(15)20(23)26)21(27)28-12-18(24)22-17-7-5-4-6-13(17)2/h3,8-9,11,13,17H,1,4-7,10,12H2,2H3,(H,22,24). The second kappa shape index (κ2) is 8.37. The normalized spacial score (nSPS) is 21.2. The molecule has 3 rings (SSSR count).